The summed E-state index contributed by atoms with van der Waals surface area (Å²) in [5, 5.41) is 0. The first-order valence-electron chi connectivity index (χ1n) is 4.97. The van der Waals surface area contributed by atoms with Crippen LogP contribution in [0.4, 0.5) is 8.78 Å². The Balaban J connectivity index is 3.14. The van der Waals surface area contributed by atoms with Crippen molar-refractivity contribution in [3.05, 3.63) is 33.8 Å². The Morgan fingerprint density at radius 3 is 2.76 bits per heavy atom. The summed E-state index contributed by atoms with van der Waals surface area (Å²) in [6.45, 7) is -1.07. The Bertz CT molecular complexity index is 431. The molecule has 0 aliphatic rings. The molecule has 1 rings (SSSR count). The molecule has 0 saturated heterocycles. The predicted molar refractivity (Wildman–Crippen MR) is 65.1 cm³/mol. The molecule has 5 heteroatoms. The fourth-order valence-electron chi connectivity index (χ4n) is 1.25. The van der Waals surface area contributed by atoms with Gasteiger partial charge in [-0.3, -0.25) is 4.79 Å². The molecule has 1 aromatic rings. The van der Waals surface area contributed by atoms with Crippen molar-refractivity contribution in [1.82, 2.24) is 0 Å². The summed E-state index contributed by atoms with van der Waals surface area (Å²) in [5.41, 5.74) is 0.964. The lowest BCUT2D eigenvalue weighted by Gasteiger charge is -2.09. The molecule has 0 atom stereocenters. The van der Waals surface area contributed by atoms with Crippen molar-refractivity contribution in [3.8, 4) is 5.75 Å². The van der Waals surface area contributed by atoms with E-state index < -0.39 is 6.61 Å². The Morgan fingerprint density at radius 2 is 2.24 bits per heavy atom. The van der Waals surface area contributed by atoms with E-state index in [1.165, 1.54) is 12.1 Å². The van der Waals surface area contributed by atoms with E-state index in [2.05, 4.69) is 20.7 Å². The topological polar surface area (TPSA) is 26.3 Å². The van der Waals surface area contributed by atoms with E-state index in [4.69, 9.17) is 0 Å². The summed E-state index contributed by atoms with van der Waals surface area (Å²) in [6.07, 6.45) is 2.77. The molecule has 0 radical (unpaired) electrons. The molecular formula is C12H11BrF2O2. The molecule has 0 fully saturated rings. The van der Waals surface area contributed by atoms with Crippen LogP contribution in [0.5, 0.6) is 5.75 Å². The minimum absolute atomic E-state index is 0.0519. The van der Waals surface area contributed by atoms with Crippen molar-refractivity contribution in [2.24, 2.45) is 0 Å². The van der Waals surface area contributed by atoms with Gasteiger partial charge in [0.2, 0.25) is 0 Å². The fraction of sp³-hybridized carbons (Fsp3) is 0.250. The van der Waals surface area contributed by atoms with Gasteiger partial charge in [0.05, 0.1) is 0 Å². The SMILES string of the molecule is CCC(C=O)=Cc1cc(Br)ccc1OC(F)F. The Labute approximate surface area is 106 Å². The van der Waals surface area contributed by atoms with E-state index in [0.717, 1.165) is 4.47 Å². The molecule has 0 spiro atoms. The highest BCUT2D eigenvalue weighted by Crippen LogP contribution is 2.27. The first-order valence-corrected chi connectivity index (χ1v) is 5.76. The van der Waals surface area contributed by atoms with Crippen molar-refractivity contribution in [1.29, 1.82) is 0 Å². The lowest BCUT2D eigenvalue weighted by Crippen LogP contribution is -2.03. The third kappa shape index (κ3) is 4.26. The van der Waals surface area contributed by atoms with Crippen molar-refractivity contribution in [2.45, 2.75) is 20.0 Å². The molecule has 0 aliphatic carbocycles. The molecule has 0 bridgehead atoms. The fourth-order valence-corrected chi connectivity index (χ4v) is 1.63. The summed E-state index contributed by atoms with van der Waals surface area (Å²) >= 11 is 3.24. The highest BCUT2D eigenvalue weighted by molar-refractivity contribution is 9.10. The monoisotopic (exact) mass is 304 g/mol. The summed E-state index contributed by atoms with van der Waals surface area (Å²) in [7, 11) is 0. The van der Waals surface area contributed by atoms with Crippen LogP contribution in [0.1, 0.15) is 18.9 Å². The van der Waals surface area contributed by atoms with Crippen LogP contribution >= 0.6 is 15.9 Å². The van der Waals surface area contributed by atoms with Gasteiger partial charge < -0.3 is 4.74 Å². The van der Waals surface area contributed by atoms with Crippen LogP contribution in [0.3, 0.4) is 0 Å². The first-order chi connectivity index (χ1) is 8.06. The van der Waals surface area contributed by atoms with Crippen LogP contribution in [0.2, 0.25) is 0 Å². The largest absolute Gasteiger partial charge is 0.434 e. The lowest BCUT2D eigenvalue weighted by molar-refractivity contribution is -0.104. The van der Waals surface area contributed by atoms with Gasteiger partial charge in [-0.1, -0.05) is 22.9 Å². The van der Waals surface area contributed by atoms with Gasteiger partial charge >= 0.3 is 6.61 Å². The average Bonchev–Trinajstić information content (AvgIpc) is 2.28. The normalized spacial score (nSPS) is 11.7. The number of hydrogen-bond acceptors (Lipinski definition) is 2. The number of allylic oxidation sites excluding steroid dienone is 1. The number of carbonyl (C=O) groups is 1. The Morgan fingerprint density at radius 1 is 1.53 bits per heavy atom. The van der Waals surface area contributed by atoms with E-state index in [0.29, 0.717) is 23.8 Å². The molecule has 0 N–H and O–H groups in total. The molecule has 0 aliphatic heterocycles. The maximum atomic E-state index is 12.2. The summed E-state index contributed by atoms with van der Waals surface area (Å²) in [5.74, 6) is 0.0519. The van der Waals surface area contributed by atoms with E-state index in [1.807, 2.05) is 6.92 Å². The molecule has 1 aromatic carbocycles. The second kappa shape index (κ2) is 6.49. The second-order valence-corrected chi connectivity index (χ2v) is 4.17. The minimum atomic E-state index is -2.88. The summed E-state index contributed by atoms with van der Waals surface area (Å²) in [6, 6.07) is 4.65. The predicted octanol–water partition coefficient (Wildman–Crippen LogP) is 4.04. The maximum absolute atomic E-state index is 12.2. The maximum Gasteiger partial charge on any atom is 0.387 e. The van der Waals surface area contributed by atoms with Gasteiger partial charge in [-0.05, 0) is 36.3 Å². The van der Waals surface area contributed by atoms with Gasteiger partial charge in [0, 0.05) is 10.0 Å². The van der Waals surface area contributed by atoms with Crippen LogP contribution in [0.25, 0.3) is 6.08 Å². The van der Waals surface area contributed by atoms with Crippen LogP contribution < -0.4 is 4.74 Å². The van der Waals surface area contributed by atoms with Crippen LogP contribution in [-0.4, -0.2) is 12.9 Å². The molecular weight excluding hydrogens is 294 g/mol. The van der Waals surface area contributed by atoms with Crippen molar-refractivity contribution < 1.29 is 18.3 Å². The quantitative estimate of drug-likeness (QED) is 0.606. The van der Waals surface area contributed by atoms with Gasteiger partial charge in [0.1, 0.15) is 12.0 Å². The molecule has 0 saturated carbocycles. The van der Waals surface area contributed by atoms with E-state index in [-0.39, 0.29) is 5.75 Å². The number of halogens is 3. The van der Waals surface area contributed by atoms with Crippen molar-refractivity contribution in [3.63, 3.8) is 0 Å². The average molecular weight is 305 g/mol. The molecule has 17 heavy (non-hydrogen) atoms. The molecule has 0 aromatic heterocycles. The third-order valence-corrected chi connectivity index (χ3v) is 2.58. The molecule has 0 amide bonds. The number of hydrogen-bond donors (Lipinski definition) is 0. The third-order valence-electron chi connectivity index (χ3n) is 2.09. The van der Waals surface area contributed by atoms with Gasteiger partial charge in [-0.25, -0.2) is 0 Å². The number of ether oxygens (including phenoxy) is 1. The number of benzene rings is 1. The second-order valence-electron chi connectivity index (χ2n) is 3.25. The number of alkyl halides is 2. The minimum Gasteiger partial charge on any atom is -0.434 e. The van der Waals surface area contributed by atoms with E-state index >= 15 is 0 Å². The zero-order valence-corrected chi connectivity index (χ0v) is 10.7. The van der Waals surface area contributed by atoms with Gasteiger partial charge in [0.25, 0.3) is 0 Å². The lowest BCUT2D eigenvalue weighted by atomic mass is 10.1. The van der Waals surface area contributed by atoms with E-state index in [1.54, 1.807) is 12.1 Å². The van der Waals surface area contributed by atoms with Gasteiger partial charge in [-0.2, -0.15) is 8.78 Å². The molecule has 2 nitrogen and oxygen atoms in total. The number of rotatable bonds is 5. The van der Waals surface area contributed by atoms with Crippen molar-refractivity contribution in [2.75, 3.05) is 0 Å². The Hall–Kier alpha value is -1.23. The number of carbonyl (C=O) groups excluding carboxylic acids is 1. The van der Waals surface area contributed by atoms with Crippen LogP contribution in [0.15, 0.2) is 28.2 Å². The van der Waals surface area contributed by atoms with Crippen LogP contribution in [-0.2, 0) is 4.79 Å². The smallest absolute Gasteiger partial charge is 0.387 e. The molecule has 0 unspecified atom stereocenters. The standard InChI is InChI=1S/C12H11BrF2O2/c1-2-8(7-16)5-9-6-10(13)3-4-11(9)17-12(14)15/h3-7,12H,2H2,1H3. The van der Waals surface area contributed by atoms with Gasteiger partial charge in [-0.15, -0.1) is 0 Å². The van der Waals surface area contributed by atoms with E-state index in [9.17, 15) is 13.6 Å². The number of aldehydes is 1. The highest BCUT2D eigenvalue weighted by atomic mass is 79.9. The zero-order valence-electron chi connectivity index (χ0n) is 9.12. The van der Waals surface area contributed by atoms with Gasteiger partial charge in [0.15, 0.2) is 0 Å². The molecule has 0 heterocycles. The zero-order chi connectivity index (χ0) is 12.8. The van der Waals surface area contributed by atoms with Crippen LogP contribution in [0, 0.1) is 0 Å². The Kier molecular flexibility index (Phi) is 5.28. The molecule has 92 valence electrons. The summed E-state index contributed by atoms with van der Waals surface area (Å²) < 4.78 is 29.5. The highest BCUT2D eigenvalue weighted by Gasteiger charge is 2.09. The first kappa shape index (κ1) is 13.8. The summed E-state index contributed by atoms with van der Waals surface area (Å²) in [4.78, 5) is 10.7. The van der Waals surface area contributed by atoms with Crippen molar-refractivity contribution >= 4 is 28.3 Å².